The largest absolute Gasteiger partial charge is 0.480 e. The Bertz CT molecular complexity index is 1300. The van der Waals surface area contributed by atoms with E-state index in [1.54, 1.807) is 47.4 Å². The first-order valence-electron chi connectivity index (χ1n) is 13.1. The Kier molecular flexibility index (Phi) is 7.49. The molecule has 3 aromatic carbocycles. The summed E-state index contributed by atoms with van der Waals surface area (Å²) in [6.07, 6.45) is 1.04. The van der Waals surface area contributed by atoms with Crippen molar-refractivity contribution in [2.24, 2.45) is 0 Å². The topological polar surface area (TPSA) is 84.4 Å². The molecule has 2 bridgehead atoms. The molecule has 0 spiro atoms. The van der Waals surface area contributed by atoms with Crippen molar-refractivity contribution < 1.29 is 23.9 Å². The molecular formula is C30H31FN4O4. The van der Waals surface area contributed by atoms with Gasteiger partial charge in [0.1, 0.15) is 5.82 Å². The number of hydrogen-bond donors (Lipinski definition) is 1. The molecule has 8 nitrogen and oxygen atoms in total. The molecule has 1 N–H and O–H groups in total. The number of para-hydroxylation sites is 2. The van der Waals surface area contributed by atoms with Gasteiger partial charge in [0.2, 0.25) is 0 Å². The Morgan fingerprint density at radius 1 is 0.872 bits per heavy atom. The van der Waals surface area contributed by atoms with Gasteiger partial charge in [-0.3, -0.25) is 4.90 Å². The third-order valence-electron chi connectivity index (χ3n) is 7.56. The zero-order valence-corrected chi connectivity index (χ0v) is 21.7. The minimum Gasteiger partial charge on any atom is -0.480 e. The maximum Gasteiger partial charge on any atom is 0.329 e. The predicted octanol–water partition coefficient (Wildman–Crippen LogP) is 5.33. The third-order valence-corrected chi connectivity index (χ3v) is 7.56. The highest BCUT2D eigenvalue weighted by Crippen LogP contribution is 2.38. The van der Waals surface area contributed by atoms with E-state index in [4.69, 9.17) is 0 Å². The van der Waals surface area contributed by atoms with E-state index in [2.05, 4.69) is 0 Å². The van der Waals surface area contributed by atoms with Gasteiger partial charge in [0.05, 0.1) is 30.0 Å². The van der Waals surface area contributed by atoms with E-state index >= 15 is 0 Å². The number of fused-ring (bicyclic) bond motifs is 2. The predicted molar refractivity (Wildman–Crippen MR) is 145 cm³/mol. The minimum absolute atomic E-state index is 0.0775. The van der Waals surface area contributed by atoms with Gasteiger partial charge in [-0.05, 0) is 50.1 Å². The van der Waals surface area contributed by atoms with Crippen LogP contribution in [0.4, 0.5) is 25.4 Å². The van der Waals surface area contributed by atoms with Gasteiger partial charge in [-0.2, -0.15) is 0 Å². The number of halogens is 1. The van der Waals surface area contributed by atoms with Gasteiger partial charge in [0, 0.05) is 18.7 Å². The highest BCUT2D eigenvalue weighted by molar-refractivity contribution is 6.01. The molecule has 0 saturated carbocycles. The molecule has 0 aromatic heterocycles. The van der Waals surface area contributed by atoms with Crippen molar-refractivity contribution in [1.29, 1.82) is 0 Å². The number of carbonyl (C=O) groups excluding carboxylic acids is 2. The summed E-state index contributed by atoms with van der Waals surface area (Å²) in [5.74, 6) is -1.56. The highest BCUT2D eigenvalue weighted by atomic mass is 19.1. The molecule has 2 heterocycles. The first-order valence-corrected chi connectivity index (χ1v) is 13.1. The van der Waals surface area contributed by atoms with Crippen LogP contribution in [0.1, 0.15) is 25.3 Å². The van der Waals surface area contributed by atoms with Crippen LogP contribution in [0.25, 0.3) is 0 Å². The maximum atomic E-state index is 14.3. The van der Waals surface area contributed by atoms with E-state index in [1.165, 1.54) is 20.8 Å². The Hall–Kier alpha value is -4.40. The van der Waals surface area contributed by atoms with Crippen LogP contribution in [0.3, 0.4) is 0 Å². The number of rotatable bonds is 6. The number of carboxylic acid groups (broad SMARTS) is 1. The molecule has 39 heavy (non-hydrogen) atoms. The van der Waals surface area contributed by atoms with E-state index in [9.17, 15) is 23.9 Å². The second kappa shape index (κ2) is 11.1. The Balaban J connectivity index is 1.44. The molecule has 3 atom stereocenters. The van der Waals surface area contributed by atoms with Gasteiger partial charge in [-0.15, -0.1) is 0 Å². The SMILES string of the molecule is CCN(Cc1ccccc1F)C(=O)N1[C@H]2CC[C@@H]1[C@@H](C(=O)O)N(C(=O)N(c1ccccc1)c1ccccc1)C2. The normalized spacial score (nSPS) is 20.0. The Morgan fingerprint density at radius 3 is 2.03 bits per heavy atom. The summed E-state index contributed by atoms with van der Waals surface area (Å²) in [7, 11) is 0. The van der Waals surface area contributed by atoms with Crippen molar-refractivity contribution in [3.63, 3.8) is 0 Å². The summed E-state index contributed by atoms with van der Waals surface area (Å²) < 4.78 is 14.3. The van der Waals surface area contributed by atoms with E-state index in [0.29, 0.717) is 36.3 Å². The summed E-state index contributed by atoms with van der Waals surface area (Å²) in [5.41, 5.74) is 1.63. The first kappa shape index (κ1) is 26.2. The second-order valence-electron chi connectivity index (χ2n) is 9.82. The van der Waals surface area contributed by atoms with Gasteiger partial charge in [-0.25, -0.2) is 18.8 Å². The summed E-state index contributed by atoms with van der Waals surface area (Å²) in [6.45, 7) is 2.31. The molecule has 4 amide bonds. The Labute approximate surface area is 226 Å². The van der Waals surface area contributed by atoms with Crippen LogP contribution in [-0.4, -0.2) is 69.1 Å². The summed E-state index contributed by atoms with van der Waals surface area (Å²) in [4.78, 5) is 46.6. The Morgan fingerprint density at radius 2 is 1.46 bits per heavy atom. The van der Waals surface area contributed by atoms with Crippen LogP contribution in [-0.2, 0) is 11.3 Å². The number of carbonyl (C=O) groups is 3. The molecule has 2 aliphatic rings. The fraction of sp³-hybridized carbons (Fsp3) is 0.300. The number of amides is 4. The third kappa shape index (κ3) is 5.04. The monoisotopic (exact) mass is 530 g/mol. The zero-order valence-electron chi connectivity index (χ0n) is 21.7. The number of anilines is 2. The zero-order chi connectivity index (χ0) is 27.5. The average molecular weight is 531 g/mol. The van der Waals surface area contributed by atoms with E-state index in [-0.39, 0.29) is 25.2 Å². The van der Waals surface area contributed by atoms with Crippen molar-refractivity contribution in [3.05, 3.63) is 96.3 Å². The van der Waals surface area contributed by atoms with Crippen LogP contribution in [0.2, 0.25) is 0 Å². The summed E-state index contributed by atoms with van der Waals surface area (Å²) in [5, 5.41) is 10.4. The fourth-order valence-corrected chi connectivity index (χ4v) is 5.71. The van der Waals surface area contributed by atoms with Crippen LogP contribution in [0, 0.1) is 5.82 Å². The fourth-order valence-electron chi connectivity index (χ4n) is 5.71. The van der Waals surface area contributed by atoms with Gasteiger partial charge < -0.3 is 19.8 Å². The number of benzene rings is 3. The standard InChI is InChI=1S/C30H31FN4O4/c1-2-32(19-21-11-9-10-16-25(21)31)29(38)35-24-17-18-26(35)27(28(36)37)33(20-24)30(39)34(22-12-5-3-6-13-22)23-14-7-4-8-15-23/h3-16,24,26-27H,2,17-20H2,1H3,(H,36,37)/t24-,26+,27-/m0/s1. The van der Waals surface area contributed by atoms with E-state index in [0.717, 1.165) is 0 Å². The van der Waals surface area contributed by atoms with E-state index in [1.807, 2.05) is 43.3 Å². The molecule has 5 rings (SSSR count). The quantitative estimate of drug-likeness (QED) is 0.467. The minimum atomic E-state index is -1.22. The number of urea groups is 2. The molecular weight excluding hydrogens is 499 g/mol. The number of carboxylic acids is 1. The van der Waals surface area contributed by atoms with Gasteiger partial charge in [0.25, 0.3) is 0 Å². The van der Waals surface area contributed by atoms with Gasteiger partial charge in [-0.1, -0.05) is 54.6 Å². The summed E-state index contributed by atoms with van der Waals surface area (Å²) in [6, 6.07) is 21.5. The molecule has 0 unspecified atom stereocenters. The highest BCUT2D eigenvalue weighted by Gasteiger charge is 2.54. The first-order chi connectivity index (χ1) is 18.9. The molecule has 202 valence electrons. The van der Waals surface area contributed by atoms with Crippen LogP contribution >= 0.6 is 0 Å². The number of likely N-dealkylation sites (tertiary alicyclic amines) is 1. The number of aliphatic carboxylic acids is 1. The van der Waals surface area contributed by atoms with Crippen molar-refractivity contribution >= 4 is 29.4 Å². The molecule has 2 fully saturated rings. The molecule has 0 aliphatic carbocycles. The number of piperazine rings is 1. The summed E-state index contributed by atoms with van der Waals surface area (Å²) >= 11 is 0. The smallest absolute Gasteiger partial charge is 0.329 e. The van der Waals surface area contributed by atoms with Crippen molar-refractivity contribution in [1.82, 2.24) is 14.7 Å². The lowest BCUT2D eigenvalue weighted by Gasteiger charge is -2.47. The number of hydrogen-bond acceptors (Lipinski definition) is 3. The van der Waals surface area contributed by atoms with Crippen molar-refractivity contribution in [2.45, 2.75) is 44.4 Å². The lowest BCUT2D eigenvalue weighted by molar-refractivity contribution is -0.145. The molecule has 2 aliphatic heterocycles. The van der Waals surface area contributed by atoms with Crippen LogP contribution in [0.15, 0.2) is 84.9 Å². The lowest BCUT2D eigenvalue weighted by atomic mass is 10.0. The maximum absolute atomic E-state index is 14.3. The van der Waals surface area contributed by atoms with Crippen molar-refractivity contribution in [3.8, 4) is 0 Å². The van der Waals surface area contributed by atoms with E-state index < -0.39 is 29.9 Å². The molecule has 0 radical (unpaired) electrons. The molecule has 9 heteroatoms. The van der Waals surface area contributed by atoms with Gasteiger partial charge in [0.15, 0.2) is 6.04 Å². The molecule has 2 saturated heterocycles. The lowest BCUT2D eigenvalue weighted by Crippen LogP contribution is -2.67. The second-order valence-corrected chi connectivity index (χ2v) is 9.82. The molecule has 3 aromatic rings. The van der Waals surface area contributed by atoms with Gasteiger partial charge >= 0.3 is 18.0 Å². The average Bonchev–Trinajstić information content (AvgIpc) is 3.25. The van der Waals surface area contributed by atoms with Crippen LogP contribution in [0.5, 0.6) is 0 Å². The number of nitrogens with zero attached hydrogens (tertiary/aromatic N) is 4. The van der Waals surface area contributed by atoms with Crippen LogP contribution < -0.4 is 4.90 Å². The van der Waals surface area contributed by atoms with Crippen molar-refractivity contribution in [2.75, 3.05) is 18.0 Å².